The molecule has 1 aromatic carbocycles. The minimum atomic E-state index is -0.784. The highest BCUT2D eigenvalue weighted by Gasteiger charge is 2.21. The molecule has 1 aliphatic heterocycles. The third kappa shape index (κ3) is 2.48. The van der Waals surface area contributed by atoms with Gasteiger partial charge in [0, 0.05) is 11.6 Å². The van der Waals surface area contributed by atoms with Crippen molar-refractivity contribution in [3.8, 4) is 11.5 Å². The summed E-state index contributed by atoms with van der Waals surface area (Å²) in [7, 11) is 1.39. The summed E-state index contributed by atoms with van der Waals surface area (Å²) in [6, 6.07) is 1.89. The van der Waals surface area contributed by atoms with Gasteiger partial charge in [-0.25, -0.2) is 0 Å². The SMILES string of the molecule is COc1c(CC2CCCN2)cc(Cl)c(O)c1F. The van der Waals surface area contributed by atoms with Gasteiger partial charge in [0.25, 0.3) is 0 Å². The molecule has 1 fully saturated rings. The second-order valence-corrected chi connectivity index (χ2v) is 4.62. The summed E-state index contributed by atoms with van der Waals surface area (Å²) in [5.74, 6) is -1.25. The molecule has 2 rings (SSSR count). The minimum absolute atomic E-state index is 0.0243. The van der Waals surface area contributed by atoms with Crippen LogP contribution in [0.1, 0.15) is 18.4 Å². The first kappa shape index (κ1) is 12.5. The van der Waals surface area contributed by atoms with Crippen molar-refractivity contribution in [3.05, 3.63) is 22.5 Å². The van der Waals surface area contributed by atoms with Crippen LogP contribution in [0.3, 0.4) is 0 Å². The first-order chi connectivity index (χ1) is 8.13. The Labute approximate surface area is 105 Å². The standard InChI is InChI=1S/C12H15ClFNO2/c1-17-12-7(5-8-3-2-4-15-8)6-9(13)11(16)10(12)14/h6,8,15-16H,2-5H2,1H3. The molecule has 3 nitrogen and oxygen atoms in total. The first-order valence-electron chi connectivity index (χ1n) is 5.60. The van der Waals surface area contributed by atoms with Gasteiger partial charge in [0.15, 0.2) is 11.5 Å². The number of methoxy groups -OCH3 is 1. The van der Waals surface area contributed by atoms with Gasteiger partial charge in [-0.15, -0.1) is 0 Å². The third-order valence-corrected chi connectivity index (χ3v) is 3.35. The van der Waals surface area contributed by atoms with E-state index >= 15 is 0 Å². The second kappa shape index (κ2) is 5.10. The maximum atomic E-state index is 13.7. The predicted molar refractivity (Wildman–Crippen MR) is 64.4 cm³/mol. The van der Waals surface area contributed by atoms with E-state index in [4.69, 9.17) is 16.3 Å². The normalized spacial score (nSPS) is 19.6. The zero-order valence-corrected chi connectivity index (χ0v) is 10.4. The number of hydrogen-bond donors (Lipinski definition) is 2. The maximum absolute atomic E-state index is 13.7. The summed E-state index contributed by atoms with van der Waals surface area (Å²) < 4.78 is 18.7. The zero-order valence-electron chi connectivity index (χ0n) is 9.59. The number of benzene rings is 1. The third-order valence-electron chi connectivity index (χ3n) is 3.06. The van der Waals surface area contributed by atoms with Crippen LogP contribution < -0.4 is 10.1 Å². The molecule has 0 aromatic heterocycles. The Morgan fingerprint density at radius 2 is 2.41 bits per heavy atom. The van der Waals surface area contributed by atoms with Crippen molar-refractivity contribution in [1.82, 2.24) is 5.32 Å². The van der Waals surface area contributed by atoms with Crippen LogP contribution in [0.2, 0.25) is 5.02 Å². The largest absolute Gasteiger partial charge is 0.504 e. The van der Waals surface area contributed by atoms with Crippen molar-refractivity contribution in [2.24, 2.45) is 0 Å². The highest BCUT2D eigenvalue weighted by Crippen LogP contribution is 2.37. The molecule has 1 aromatic rings. The topological polar surface area (TPSA) is 41.5 Å². The molecule has 2 N–H and O–H groups in total. The van der Waals surface area contributed by atoms with Crippen molar-refractivity contribution in [2.75, 3.05) is 13.7 Å². The van der Waals surface area contributed by atoms with Gasteiger partial charge in [-0.05, 0) is 31.9 Å². The van der Waals surface area contributed by atoms with E-state index in [0.29, 0.717) is 18.0 Å². The summed E-state index contributed by atoms with van der Waals surface area (Å²) in [5.41, 5.74) is 0.687. The van der Waals surface area contributed by atoms with Gasteiger partial charge in [0.1, 0.15) is 0 Å². The van der Waals surface area contributed by atoms with Crippen molar-refractivity contribution in [2.45, 2.75) is 25.3 Å². The van der Waals surface area contributed by atoms with Crippen LogP contribution in [0.15, 0.2) is 6.07 Å². The predicted octanol–water partition coefficient (Wildman–Crippen LogP) is 2.49. The molecule has 1 heterocycles. The van der Waals surface area contributed by atoms with Gasteiger partial charge in [-0.1, -0.05) is 11.6 Å². The van der Waals surface area contributed by atoms with Gasteiger partial charge >= 0.3 is 0 Å². The molecule has 94 valence electrons. The minimum Gasteiger partial charge on any atom is -0.504 e. The molecular weight excluding hydrogens is 245 g/mol. The van der Waals surface area contributed by atoms with Gasteiger partial charge in [0.05, 0.1) is 12.1 Å². The number of ether oxygens (including phenoxy) is 1. The Hall–Kier alpha value is -1.00. The van der Waals surface area contributed by atoms with E-state index in [-0.39, 0.29) is 10.8 Å². The monoisotopic (exact) mass is 259 g/mol. The van der Waals surface area contributed by atoms with Crippen LogP contribution in [0.25, 0.3) is 0 Å². The Morgan fingerprint density at radius 3 is 3.00 bits per heavy atom. The molecule has 0 aliphatic carbocycles. The fraction of sp³-hybridized carbons (Fsp3) is 0.500. The average molecular weight is 260 g/mol. The smallest absolute Gasteiger partial charge is 0.208 e. The summed E-state index contributed by atoms with van der Waals surface area (Å²) in [6.07, 6.45) is 2.84. The van der Waals surface area contributed by atoms with Crippen LogP contribution >= 0.6 is 11.6 Å². The fourth-order valence-corrected chi connectivity index (χ4v) is 2.42. The molecule has 1 atom stereocenters. The van der Waals surface area contributed by atoms with Crippen molar-refractivity contribution < 1.29 is 14.2 Å². The van der Waals surface area contributed by atoms with Crippen LogP contribution in [0.4, 0.5) is 4.39 Å². The number of phenols is 1. The van der Waals surface area contributed by atoms with E-state index in [1.165, 1.54) is 7.11 Å². The number of halogens is 2. The number of phenolic OH excluding ortho intramolecular Hbond substituents is 1. The highest BCUT2D eigenvalue weighted by molar-refractivity contribution is 6.32. The molecule has 1 aliphatic rings. The second-order valence-electron chi connectivity index (χ2n) is 4.21. The maximum Gasteiger partial charge on any atom is 0.208 e. The number of aromatic hydroxyl groups is 1. The lowest BCUT2D eigenvalue weighted by Crippen LogP contribution is -2.24. The number of hydrogen-bond acceptors (Lipinski definition) is 3. The molecule has 5 heteroatoms. The van der Waals surface area contributed by atoms with Crippen molar-refractivity contribution in [1.29, 1.82) is 0 Å². The molecule has 0 spiro atoms. The Morgan fingerprint density at radius 1 is 1.65 bits per heavy atom. The van der Waals surface area contributed by atoms with Gasteiger partial charge in [-0.3, -0.25) is 0 Å². The van der Waals surface area contributed by atoms with E-state index in [9.17, 15) is 9.50 Å². The quantitative estimate of drug-likeness (QED) is 0.876. The van der Waals surface area contributed by atoms with Gasteiger partial charge in [0.2, 0.25) is 5.82 Å². The number of rotatable bonds is 3. The summed E-state index contributed by atoms with van der Waals surface area (Å²) in [6.45, 7) is 0.987. The van der Waals surface area contributed by atoms with Crippen molar-refractivity contribution in [3.63, 3.8) is 0 Å². The zero-order chi connectivity index (χ0) is 12.4. The fourth-order valence-electron chi connectivity index (χ4n) is 2.21. The van der Waals surface area contributed by atoms with E-state index in [2.05, 4.69) is 5.32 Å². The number of nitrogens with one attached hydrogen (secondary N) is 1. The van der Waals surface area contributed by atoms with E-state index < -0.39 is 11.6 Å². The average Bonchev–Trinajstić information content (AvgIpc) is 2.79. The first-order valence-corrected chi connectivity index (χ1v) is 5.98. The Bertz CT molecular complexity index is 419. The Kier molecular flexibility index (Phi) is 3.74. The molecule has 17 heavy (non-hydrogen) atoms. The summed E-state index contributed by atoms with van der Waals surface area (Å²) >= 11 is 5.77. The molecule has 0 bridgehead atoms. The molecule has 1 saturated heterocycles. The van der Waals surface area contributed by atoms with Gasteiger partial charge < -0.3 is 15.2 Å². The van der Waals surface area contributed by atoms with E-state index in [0.717, 1.165) is 19.4 Å². The lowest BCUT2D eigenvalue weighted by molar-refractivity contribution is 0.358. The van der Waals surface area contributed by atoms with E-state index in [1.54, 1.807) is 6.07 Å². The van der Waals surface area contributed by atoms with Crippen LogP contribution in [-0.4, -0.2) is 24.8 Å². The molecule has 0 radical (unpaired) electrons. The van der Waals surface area contributed by atoms with Gasteiger partial charge in [-0.2, -0.15) is 4.39 Å². The lowest BCUT2D eigenvalue weighted by atomic mass is 10.0. The molecule has 0 amide bonds. The van der Waals surface area contributed by atoms with Crippen LogP contribution in [0.5, 0.6) is 11.5 Å². The Balaban J connectivity index is 2.31. The molecule has 0 saturated carbocycles. The lowest BCUT2D eigenvalue weighted by Gasteiger charge is -2.15. The van der Waals surface area contributed by atoms with Crippen LogP contribution in [0, 0.1) is 5.82 Å². The van der Waals surface area contributed by atoms with E-state index in [1.807, 2.05) is 0 Å². The highest BCUT2D eigenvalue weighted by atomic mass is 35.5. The molecular formula is C12H15ClFNO2. The molecule has 1 unspecified atom stereocenters. The van der Waals surface area contributed by atoms with Crippen LogP contribution in [-0.2, 0) is 6.42 Å². The summed E-state index contributed by atoms with van der Waals surface area (Å²) in [5, 5.41) is 12.8. The van der Waals surface area contributed by atoms with Crippen molar-refractivity contribution >= 4 is 11.6 Å². The summed E-state index contributed by atoms with van der Waals surface area (Å²) in [4.78, 5) is 0.